The molecule has 0 heterocycles. The first-order valence-corrected chi connectivity index (χ1v) is 5.47. The van der Waals surface area contributed by atoms with Gasteiger partial charge in [-0.1, -0.05) is 6.07 Å². The van der Waals surface area contributed by atoms with Crippen LogP contribution in [0.4, 0.5) is 11.4 Å². The Morgan fingerprint density at radius 2 is 2.26 bits per heavy atom. The number of anilines is 1. The number of amidine groups is 1. The SMILES string of the molecule is CCOC(=O)/C(N)=N\Nc1cc(C)ccc1[N+](=O)[O-]. The molecule has 8 nitrogen and oxygen atoms in total. The van der Waals surface area contributed by atoms with E-state index in [4.69, 9.17) is 5.73 Å². The first kappa shape index (κ1) is 14.4. The third kappa shape index (κ3) is 3.95. The highest BCUT2D eigenvalue weighted by Gasteiger charge is 2.14. The summed E-state index contributed by atoms with van der Waals surface area (Å²) in [4.78, 5) is 21.4. The Bertz CT molecular complexity index is 527. The number of aryl methyl sites for hydroxylation is 1. The van der Waals surface area contributed by atoms with E-state index in [1.54, 1.807) is 19.9 Å². The molecule has 0 amide bonds. The van der Waals surface area contributed by atoms with Crippen LogP contribution >= 0.6 is 0 Å². The fourth-order valence-electron chi connectivity index (χ4n) is 1.27. The molecular formula is C11H14N4O4. The number of rotatable bonds is 4. The number of nitrogens with zero attached hydrogens (tertiary/aromatic N) is 2. The van der Waals surface area contributed by atoms with Gasteiger partial charge in [0.15, 0.2) is 0 Å². The van der Waals surface area contributed by atoms with E-state index in [1.807, 2.05) is 0 Å². The van der Waals surface area contributed by atoms with Crippen molar-refractivity contribution in [3.63, 3.8) is 0 Å². The number of ether oxygens (including phenoxy) is 1. The van der Waals surface area contributed by atoms with E-state index in [0.717, 1.165) is 5.56 Å². The van der Waals surface area contributed by atoms with Gasteiger partial charge in [0, 0.05) is 6.07 Å². The number of nitro benzene ring substituents is 1. The summed E-state index contributed by atoms with van der Waals surface area (Å²) in [6, 6.07) is 4.47. The minimum Gasteiger partial charge on any atom is -0.460 e. The van der Waals surface area contributed by atoms with E-state index in [2.05, 4.69) is 15.3 Å². The Morgan fingerprint density at radius 1 is 1.58 bits per heavy atom. The fraction of sp³-hybridized carbons (Fsp3) is 0.273. The highest BCUT2D eigenvalue weighted by atomic mass is 16.6. The molecule has 0 saturated heterocycles. The van der Waals surface area contributed by atoms with Crippen LogP contribution in [0.25, 0.3) is 0 Å². The standard InChI is InChI=1S/C11H14N4O4/c1-3-19-11(16)10(12)14-13-8-6-7(2)4-5-9(8)15(17)18/h4-6,13H,3H2,1-2H3,(H2,12,14). The molecule has 0 aromatic heterocycles. The predicted molar refractivity (Wildman–Crippen MR) is 69.7 cm³/mol. The summed E-state index contributed by atoms with van der Waals surface area (Å²) < 4.78 is 4.62. The van der Waals surface area contributed by atoms with Gasteiger partial charge in [0.25, 0.3) is 5.69 Å². The average Bonchev–Trinajstić information content (AvgIpc) is 2.35. The maximum absolute atomic E-state index is 11.2. The number of hydrogen-bond acceptors (Lipinski definition) is 6. The Morgan fingerprint density at radius 3 is 2.84 bits per heavy atom. The highest BCUT2D eigenvalue weighted by Crippen LogP contribution is 2.25. The minimum absolute atomic E-state index is 0.150. The summed E-state index contributed by atoms with van der Waals surface area (Å²) in [5.74, 6) is -1.19. The maximum Gasteiger partial charge on any atom is 0.375 e. The van der Waals surface area contributed by atoms with Crippen molar-refractivity contribution in [2.45, 2.75) is 13.8 Å². The summed E-state index contributed by atoms with van der Waals surface area (Å²) in [7, 11) is 0. The van der Waals surface area contributed by atoms with Crippen molar-refractivity contribution in [2.24, 2.45) is 10.8 Å². The van der Waals surface area contributed by atoms with Crippen molar-refractivity contribution in [3.8, 4) is 0 Å². The van der Waals surface area contributed by atoms with Crippen LogP contribution in [0.5, 0.6) is 0 Å². The number of carbonyl (C=O) groups excluding carboxylic acids is 1. The van der Waals surface area contributed by atoms with Crippen LogP contribution in [-0.4, -0.2) is 23.3 Å². The Kier molecular flexibility index (Phi) is 4.81. The molecule has 102 valence electrons. The molecule has 1 aromatic rings. The molecule has 0 aliphatic carbocycles. The van der Waals surface area contributed by atoms with Crippen molar-refractivity contribution in [3.05, 3.63) is 33.9 Å². The van der Waals surface area contributed by atoms with E-state index >= 15 is 0 Å². The summed E-state index contributed by atoms with van der Waals surface area (Å²) in [5, 5.41) is 14.4. The Labute approximate surface area is 109 Å². The van der Waals surface area contributed by atoms with Crippen LogP contribution in [0, 0.1) is 17.0 Å². The number of hydrazone groups is 1. The Hall–Kier alpha value is -2.64. The van der Waals surface area contributed by atoms with E-state index in [0.29, 0.717) is 0 Å². The number of benzene rings is 1. The first-order valence-electron chi connectivity index (χ1n) is 5.47. The van der Waals surface area contributed by atoms with Crippen molar-refractivity contribution < 1.29 is 14.5 Å². The summed E-state index contributed by atoms with van der Waals surface area (Å²) in [6.45, 7) is 3.57. The molecule has 0 fully saturated rings. The predicted octanol–water partition coefficient (Wildman–Crippen LogP) is 1.15. The van der Waals surface area contributed by atoms with Crippen LogP contribution in [0.2, 0.25) is 0 Å². The summed E-state index contributed by atoms with van der Waals surface area (Å²) >= 11 is 0. The molecule has 1 aromatic carbocycles. The van der Waals surface area contributed by atoms with Crippen molar-refractivity contribution in [1.29, 1.82) is 0 Å². The zero-order valence-corrected chi connectivity index (χ0v) is 10.5. The summed E-state index contributed by atoms with van der Waals surface area (Å²) in [6.07, 6.45) is 0. The number of nitrogens with one attached hydrogen (secondary N) is 1. The van der Waals surface area contributed by atoms with Crippen LogP contribution in [0.1, 0.15) is 12.5 Å². The lowest BCUT2D eigenvalue weighted by atomic mass is 10.2. The van der Waals surface area contributed by atoms with Gasteiger partial charge in [-0.3, -0.25) is 15.5 Å². The van der Waals surface area contributed by atoms with Crippen LogP contribution in [-0.2, 0) is 9.53 Å². The zero-order valence-electron chi connectivity index (χ0n) is 10.5. The largest absolute Gasteiger partial charge is 0.460 e. The monoisotopic (exact) mass is 266 g/mol. The van der Waals surface area contributed by atoms with E-state index in [-0.39, 0.29) is 18.0 Å². The maximum atomic E-state index is 11.2. The second kappa shape index (κ2) is 6.34. The molecular weight excluding hydrogens is 252 g/mol. The average molecular weight is 266 g/mol. The summed E-state index contributed by atoms with van der Waals surface area (Å²) in [5.41, 5.74) is 8.55. The number of nitro groups is 1. The molecule has 0 radical (unpaired) electrons. The molecule has 3 N–H and O–H groups in total. The van der Waals surface area contributed by atoms with Gasteiger partial charge in [-0.15, -0.1) is 5.10 Å². The second-order valence-electron chi connectivity index (χ2n) is 3.61. The lowest BCUT2D eigenvalue weighted by molar-refractivity contribution is -0.384. The van der Waals surface area contributed by atoms with Crippen molar-refractivity contribution in [2.75, 3.05) is 12.0 Å². The second-order valence-corrected chi connectivity index (χ2v) is 3.61. The van der Waals surface area contributed by atoms with Gasteiger partial charge in [0.05, 0.1) is 11.5 Å². The lowest BCUT2D eigenvalue weighted by Gasteiger charge is -2.04. The van der Waals surface area contributed by atoms with E-state index in [1.165, 1.54) is 12.1 Å². The molecule has 0 spiro atoms. The molecule has 0 bridgehead atoms. The zero-order chi connectivity index (χ0) is 14.4. The van der Waals surface area contributed by atoms with Crippen LogP contribution in [0.3, 0.4) is 0 Å². The van der Waals surface area contributed by atoms with Gasteiger partial charge < -0.3 is 10.5 Å². The molecule has 0 unspecified atom stereocenters. The Balaban J connectivity index is 2.93. The topological polar surface area (TPSA) is 120 Å². The first-order chi connectivity index (χ1) is 8.95. The van der Waals surface area contributed by atoms with Crippen LogP contribution < -0.4 is 11.2 Å². The van der Waals surface area contributed by atoms with E-state index in [9.17, 15) is 14.9 Å². The molecule has 0 aliphatic rings. The fourth-order valence-corrected chi connectivity index (χ4v) is 1.27. The number of esters is 1. The van der Waals surface area contributed by atoms with Crippen LogP contribution in [0.15, 0.2) is 23.3 Å². The van der Waals surface area contributed by atoms with Gasteiger partial charge in [-0.05, 0) is 25.5 Å². The number of carbonyl (C=O) groups is 1. The smallest absolute Gasteiger partial charge is 0.375 e. The molecule has 0 saturated carbocycles. The lowest BCUT2D eigenvalue weighted by Crippen LogP contribution is -2.27. The van der Waals surface area contributed by atoms with Gasteiger partial charge >= 0.3 is 5.97 Å². The normalized spacial score (nSPS) is 10.9. The quantitative estimate of drug-likeness (QED) is 0.277. The van der Waals surface area contributed by atoms with Crippen molar-refractivity contribution >= 4 is 23.2 Å². The minimum atomic E-state index is -0.787. The molecule has 8 heteroatoms. The third-order valence-electron chi connectivity index (χ3n) is 2.13. The number of hydrogen-bond donors (Lipinski definition) is 2. The van der Waals surface area contributed by atoms with Gasteiger partial charge in [0.2, 0.25) is 5.84 Å². The third-order valence-corrected chi connectivity index (χ3v) is 2.13. The number of nitrogens with two attached hydrogens (primary N) is 1. The molecule has 1 rings (SSSR count). The van der Waals surface area contributed by atoms with Gasteiger partial charge in [0.1, 0.15) is 5.69 Å². The van der Waals surface area contributed by atoms with E-state index < -0.39 is 16.7 Å². The molecule has 0 atom stereocenters. The molecule has 19 heavy (non-hydrogen) atoms. The highest BCUT2D eigenvalue weighted by molar-refractivity contribution is 6.34. The van der Waals surface area contributed by atoms with Crippen molar-refractivity contribution in [1.82, 2.24) is 0 Å². The molecule has 0 aliphatic heterocycles. The van der Waals surface area contributed by atoms with Gasteiger partial charge in [-0.25, -0.2) is 4.79 Å². The van der Waals surface area contributed by atoms with Gasteiger partial charge in [-0.2, -0.15) is 0 Å².